The lowest BCUT2D eigenvalue weighted by Crippen LogP contribution is -2.30. The summed E-state index contributed by atoms with van der Waals surface area (Å²) in [4.78, 5) is 9.92. The van der Waals surface area contributed by atoms with E-state index in [4.69, 9.17) is 0 Å². The zero-order valence-corrected chi connectivity index (χ0v) is 13.5. The predicted octanol–water partition coefficient (Wildman–Crippen LogP) is 0.616. The van der Waals surface area contributed by atoms with Gasteiger partial charge in [0, 0.05) is 18.7 Å². The number of hydrogen-bond acceptors (Lipinski definition) is 6. The van der Waals surface area contributed by atoms with E-state index in [1.807, 2.05) is 0 Å². The first-order valence-electron chi connectivity index (χ1n) is 6.56. The highest BCUT2D eigenvalue weighted by Gasteiger charge is 2.29. The van der Waals surface area contributed by atoms with Crippen LogP contribution in [0.4, 0.5) is 5.69 Å². The Kier molecular flexibility index (Phi) is 4.54. The molecule has 0 unspecified atom stereocenters. The number of sulfonamides is 1. The standard InChI is InChI=1S/C12H16N2O6S2/c1-9-2-3-11(14(15)16)6-12(9)22(19,20)13-7-10-4-5-21(17,18)8-10/h2-3,6,10,13H,4-5,7-8H2,1H3/t10-/m0/s1. The second-order valence-electron chi connectivity index (χ2n) is 5.33. The SMILES string of the molecule is Cc1ccc([N+](=O)[O-])cc1S(=O)(=O)NC[C@@H]1CCS(=O)(=O)C1. The first-order valence-corrected chi connectivity index (χ1v) is 9.86. The number of non-ortho nitro benzene ring substituents is 1. The van der Waals surface area contributed by atoms with E-state index in [1.165, 1.54) is 19.1 Å². The Bertz CT molecular complexity index is 801. The molecule has 0 saturated carbocycles. The van der Waals surface area contributed by atoms with E-state index in [0.717, 1.165) is 6.07 Å². The summed E-state index contributed by atoms with van der Waals surface area (Å²) in [6.45, 7) is 1.54. The molecule has 10 heteroatoms. The van der Waals surface area contributed by atoms with Crippen LogP contribution in [0.5, 0.6) is 0 Å². The Morgan fingerprint density at radius 2 is 2.09 bits per heavy atom. The fraction of sp³-hybridized carbons (Fsp3) is 0.500. The molecule has 1 heterocycles. The van der Waals surface area contributed by atoms with E-state index >= 15 is 0 Å². The first-order chi connectivity index (χ1) is 10.1. The predicted molar refractivity (Wildman–Crippen MR) is 79.8 cm³/mol. The number of aryl methyl sites for hydroxylation is 1. The summed E-state index contributed by atoms with van der Waals surface area (Å²) in [5, 5.41) is 10.8. The molecule has 0 amide bonds. The minimum atomic E-state index is -3.92. The molecule has 122 valence electrons. The van der Waals surface area contributed by atoms with E-state index < -0.39 is 24.8 Å². The second kappa shape index (κ2) is 5.94. The summed E-state index contributed by atoms with van der Waals surface area (Å²) >= 11 is 0. The van der Waals surface area contributed by atoms with Gasteiger partial charge in [-0.3, -0.25) is 10.1 Å². The van der Waals surface area contributed by atoms with E-state index in [1.54, 1.807) is 0 Å². The maximum absolute atomic E-state index is 12.3. The van der Waals surface area contributed by atoms with Crippen LogP contribution in [0.2, 0.25) is 0 Å². The minimum absolute atomic E-state index is 0.00367. The van der Waals surface area contributed by atoms with Crippen molar-refractivity contribution in [1.29, 1.82) is 0 Å². The zero-order valence-electron chi connectivity index (χ0n) is 11.9. The highest BCUT2D eigenvalue weighted by atomic mass is 32.2. The second-order valence-corrected chi connectivity index (χ2v) is 9.29. The van der Waals surface area contributed by atoms with Gasteiger partial charge in [-0.05, 0) is 24.8 Å². The highest BCUT2D eigenvalue weighted by Crippen LogP contribution is 2.23. The van der Waals surface area contributed by atoms with Gasteiger partial charge in [0.1, 0.15) is 0 Å². The topological polar surface area (TPSA) is 123 Å². The highest BCUT2D eigenvalue weighted by molar-refractivity contribution is 7.91. The molecule has 0 aromatic heterocycles. The van der Waals surface area contributed by atoms with Gasteiger partial charge in [0.2, 0.25) is 10.0 Å². The Labute approximate surface area is 128 Å². The largest absolute Gasteiger partial charge is 0.270 e. The molecular formula is C12H16N2O6S2. The maximum Gasteiger partial charge on any atom is 0.270 e. The van der Waals surface area contributed by atoms with Crippen LogP contribution in [-0.4, -0.2) is 39.8 Å². The monoisotopic (exact) mass is 348 g/mol. The van der Waals surface area contributed by atoms with Crippen molar-refractivity contribution in [2.24, 2.45) is 5.92 Å². The molecular weight excluding hydrogens is 332 g/mol. The molecule has 1 saturated heterocycles. The summed E-state index contributed by atoms with van der Waals surface area (Å²) in [6, 6.07) is 3.60. The van der Waals surface area contributed by atoms with Crippen molar-refractivity contribution in [3.05, 3.63) is 33.9 Å². The van der Waals surface area contributed by atoms with Crippen molar-refractivity contribution in [3.63, 3.8) is 0 Å². The number of nitrogens with one attached hydrogen (secondary N) is 1. The van der Waals surface area contributed by atoms with Crippen LogP contribution in [0.15, 0.2) is 23.1 Å². The smallest absolute Gasteiger partial charge is 0.258 e. The van der Waals surface area contributed by atoms with Crippen molar-refractivity contribution in [3.8, 4) is 0 Å². The molecule has 0 spiro atoms. The van der Waals surface area contributed by atoms with Gasteiger partial charge in [-0.1, -0.05) is 6.07 Å². The lowest BCUT2D eigenvalue weighted by atomic mass is 10.1. The molecule has 1 aromatic rings. The lowest BCUT2D eigenvalue weighted by molar-refractivity contribution is -0.385. The molecule has 0 aliphatic carbocycles. The average molecular weight is 348 g/mol. The van der Waals surface area contributed by atoms with Crippen LogP contribution in [0.3, 0.4) is 0 Å². The molecule has 1 fully saturated rings. The van der Waals surface area contributed by atoms with Crippen LogP contribution in [0.1, 0.15) is 12.0 Å². The molecule has 1 atom stereocenters. The fourth-order valence-electron chi connectivity index (χ4n) is 2.33. The third kappa shape index (κ3) is 3.81. The van der Waals surface area contributed by atoms with Crippen LogP contribution in [0, 0.1) is 23.0 Å². The molecule has 1 aliphatic rings. The Hall–Kier alpha value is -1.52. The zero-order chi connectivity index (χ0) is 16.5. The number of nitro groups is 1. The normalized spacial score (nSPS) is 20.9. The Balaban J connectivity index is 2.17. The summed E-state index contributed by atoms with van der Waals surface area (Å²) in [6.07, 6.45) is 0.415. The molecule has 0 bridgehead atoms. The van der Waals surface area contributed by atoms with Crippen molar-refractivity contribution in [2.75, 3.05) is 18.1 Å². The number of sulfone groups is 1. The average Bonchev–Trinajstić information content (AvgIpc) is 2.76. The van der Waals surface area contributed by atoms with Gasteiger partial charge in [-0.25, -0.2) is 21.6 Å². The first kappa shape index (κ1) is 16.8. The van der Waals surface area contributed by atoms with Crippen molar-refractivity contribution in [1.82, 2.24) is 4.72 Å². The Morgan fingerprint density at radius 3 is 2.64 bits per heavy atom. The van der Waals surface area contributed by atoms with Crippen LogP contribution < -0.4 is 4.72 Å². The van der Waals surface area contributed by atoms with E-state index in [9.17, 15) is 26.9 Å². The van der Waals surface area contributed by atoms with Gasteiger partial charge < -0.3 is 0 Å². The lowest BCUT2D eigenvalue weighted by Gasteiger charge is -2.12. The van der Waals surface area contributed by atoms with Gasteiger partial charge in [0.25, 0.3) is 5.69 Å². The van der Waals surface area contributed by atoms with Crippen molar-refractivity contribution < 1.29 is 21.8 Å². The molecule has 2 rings (SSSR count). The van der Waals surface area contributed by atoms with Crippen LogP contribution in [0.25, 0.3) is 0 Å². The van der Waals surface area contributed by atoms with Crippen LogP contribution >= 0.6 is 0 Å². The number of benzene rings is 1. The van der Waals surface area contributed by atoms with E-state index in [0.29, 0.717) is 12.0 Å². The van der Waals surface area contributed by atoms with Gasteiger partial charge in [-0.2, -0.15) is 0 Å². The third-order valence-corrected chi connectivity index (χ3v) is 6.96. The van der Waals surface area contributed by atoms with E-state index in [-0.39, 0.29) is 34.6 Å². The minimum Gasteiger partial charge on any atom is -0.258 e. The summed E-state index contributed by atoms with van der Waals surface area (Å²) in [7, 11) is -7.00. The third-order valence-electron chi connectivity index (χ3n) is 3.56. The molecule has 22 heavy (non-hydrogen) atoms. The van der Waals surface area contributed by atoms with Gasteiger partial charge in [-0.15, -0.1) is 0 Å². The number of hydrogen-bond donors (Lipinski definition) is 1. The van der Waals surface area contributed by atoms with Crippen LogP contribution in [-0.2, 0) is 19.9 Å². The van der Waals surface area contributed by atoms with Crippen molar-refractivity contribution >= 4 is 25.5 Å². The number of nitrogens with zero attached hydrogens (tertiary/aromatic N) is 1. The number of rotatable bonds is 5. The quantitative estimate of drug-likeness (QED) is 0.614. The van der Waals surface area contributed by atoms with Gasteiger partial charge in [0.05, 0.1) is 21.3 Å². The van der Waals surface area contributed by atoms with Gasteiger partial charge in [0.15, 0.2) is 9.84 Å². The van der Waals surface area contributed by atoms with E-state index in [2.05, 4.69) is 4.72 Å². The van der Waals surface area contributed by atoms with Crippen molar-refractivity contribution in [2.45, 2.75) is 18.2 Å². The molecule has 1 N–H and O–H groups in total. The molecule has 1 aromatic carbocycles. The maximum atomic E-state index is 12.3. The summed E-state index contributed by atoms with van der Waals surface area (Å²) < 4.78 is 49.6. The molecule has 1 aliphatic heterocycles. The Morgan fingerprint density at radius 1 is 1.41 bits per heavy atom. The molecule has 8 nitrogen and oxygen atoms in total. The molecule has 0 radical (unpaired) electrons. The summed E-state index contributed by atoms with van der Waals surface area (Å²) in [5.74, 6) is -0.239. The van der Waals surface area contributed by atoms with Gasteiger partial charge >= 0.3 is 0 Å². The fourth-order valence-corrected chi connectivity index (χ4v) is 5.57. The summed E-state index contributed by atoms with van der Waals surface area (Å²) in [5.41, 5.74) is 0.0755. The number of nitro benzene ring substituents is 1.